The Bertz CT molecular complexity index is 597. The molecule has 0 radical (unpaired) electrons. The maximum atomic E-state index is 10.1. The molecule has 2 N–H and O–H groups in total. The van der Waals surface area contributed by atoms with Gasteiger partial charge in [-0.15, -0.1) is 0 Å². The molecule has 3 heteroatoms. The van der Waals surface area contributed by atoms with E-state index in [1.165, 1.54) is 5.56 Å². The Kier molecular flexibility index (Phi) is 4.84. The van der Waals surface area contributed by atoms with E-state index < -0.39 is 0 Å². The van der Waals surface area contributed by atoms with E-state index >= 15 is 0 Å². The molecule has 0 bridgehead atoms. The summed E-state index contributed by atoms with van der Waals surface area (Å²) in [6, 6.07) is 14.3. The molecule has 2 aromatic rings. The van der Waals surface area contributed by atoms with Crippen LogP contribution in [-0.2, 0) is 0 Å². The van der Waals surface area contributed by atoms with Crippen LogP contribution in [0.25, 0.3) is 0 Å². The lowest BCUT2D eigenvalue weighted by Gasteiger charge is -2.22. The third kappa shape index (κ3) is 3.41. The van der Waals surface area contributed by atoms with Crippen molar-refractivity contribution in [3.63, 3.8) is 0 Å². The van der Waals surface area contributed by atoms with Gasteiger partial charge in [0.15, 0.2) is 0 Å². The minimum atomic E-state index is 0.0812. The largest absolute Gasteiger partial charge is 0.508 e. The summed E-state index contributed by atoms with van der Waals surface area (Å²) in [4.78, 5) is 0. The standard InChI is InChI=1S/C17H20BrNO/c1-11-8-9-15(17(20)10-11)13(3)19-12(2)14-6-4-5-7-16(14)18/h4-10,12-13,19-20H,1-3H3/t12-,13?/m1/s1. The SMILES string of the molecule is Cc1ccc(C(C)N[C@H](C)c2ccccc2Br)c(O)c1. The predicted molar refractivity (Wildman–Crippen MR) is 87.0 cm³/mol. The fraction of sp³-hybridized carbons (Fsp3) is 0.294. The second kappa shape index (κ2) is 6.42. The number of aromatic hydroxyl groups is 1. The molecule has 2 aromatic carbocycles. The van der Waals surface area contributed by atoms with E-state index in [1.54, 1.807) is 6.07 Å². The third-order valence-electron chi connectivity index (χ3n) is 3.52. The molecule has 0 fully saturated rings. The maximum absolute atomic E-state index is 10.1. The predicted octanol–water partition coefficient (Wildman–Crippen LogP) is 4.87. The Morgan fingerprint density at radius 1 is 1.00 bits per heavy atom. The number of halogens is 1. The highest BCUT2D eigenvalue weighted by atomic mass is 79.9. The second-order valence-corrected chi connectivity index (χ2v) is 6.05. The molecule has 20 heavy (non-hydrogen) atoms. The van der Waals surface area contributed by atoms with Crippen LogP contribution in [0.15, 0.2) is 46.9 Å². The van der Waals surface area contributed by atoms with Crippen LogP contribution < -0.4 is 5.32 Å². The van der Waals surface area contributed by atoms with Crippen molar-refractivity contribution in [1.29, 1.82) is 0 Å². The van der Waals surface area contributed by atoms with E-state index in [1.807, 2.05) is 37.3 Å². The first-order valence-electron chi connectivity index (χ1n) is 6.79. The first-order chi connectivity index (χ1) is 9.49. The van der Waals surface area contributed by atoms with Crippen molar-refractivity contribution in [1.82, 2.24) is 5.32 Å². The average Bonchev–Trinajstić information content (AvgIpc) is 2.38. The molecule has 0 saturated carbocycles. The lowest BCUT2D eigenvalue weighted by molar-refractivity contribution is 0.438. The maximum Gasteiger partial charge on any atom is 0.120 e. The van der Waals surface area contributed by atoms with Crippen LogP contribution in [0.1, 0.15) is 42.6 Å². The molecule has 106 valence electrons. The van der Waals surface area contributed by atoms with E-state index in [9.17, 15) is 5.11 Å². The van der Waals surface area contributed by atoms with Crippen molar-refractivity contribution in [3.05, 3.63) is 63.6 Å². The molecular formula is C17H20BrNO. The Morgan fingerprint density at radius 3 is 2.30 bits per heavy atom. The van der Waals surface area contributed by atoms with Crippen molar-refractivity contribution in [2.24, 2.45) is 0 Å². The molecule has 2 atom stereocenters. The van der Waals surface area contributed by atoms with Crippen LogP contribution in [0, 0.1) is 6.92 Å². The van der Waals surface area contributed by atoms with Gasteiger partial charge in [-0.05, 0) is 44.0 Å². The zero-order valence-corrected chi connectivity index (χ0v) is 13.6. The Hall–Kier alpha value is -1.32. The van der Waals surface area contributed by atoms with Gasteiger partial charge in [0.25, 0.3) is 0 Å². The molecule has 2 rings (SSSR count). The summed E-state index contributed by atoms with van der Waals surface area (Å²) < 4.78 is 1.10. The molecule has 0 aliphatic carbocycles. The second-order valence-electron chi connectivity index (χ2n) is 5.19. The van der Waals surface area contributed by atoms with Gasteiger partial charge in [0.05, 0.1) is 0 Å². The summed E-state index contributed by atoms with van der Waals surface area (Å²) in [6.45, 7) is 6.17. The molecule has 0 aliphatic heterocycles. The van der Waals surface area contributed by atoms with E-state index in [0.29, 0.717) is 5.75 Å². The topological polar surface area (TPSA) is 32.3 Å². The van der Waals surface area contributed by atoms with Crippen LogP contribution >= 0.6 is 15.9 Å². The minimum absolute atomic E-state index is 0.0812. The van der Waals surface area contributed by atoms with Crippen LogP contribution in [0.5, 0.6) is 5.75 Å². The quantitative estimate of drug-likeness (QED) is 0.836. The van der Waals surface area contributed by atoms with Crippen LogP contribution in [0.2, 0.25) is 0 Å². The molecule has 0 spiro atoms. The molecule has 1 unspecified atom stereocenters. The number of phenols is 1. The van der Waals surface area contributed by atoms with Gasteiger partial charge in [-0.2, -0.15) is 0 Å². The molecule has 0 aliphatic rings. The summed E-state index contributed by atoms with van der Waals surface area (Å²) in [5, 5.41) is 13.6. The number of aryl methyl sites for hydroxylation is 1. The van der Waals surface area contributed by atoms with Crippen molar-refractivity contribution >= 4 is 15.9 Å². The molecule has 0 aromatic heterocycles. The zero-order valence-electron chi connectivity index (χ0n) is 12.0. The zero-order chi connectivity index (χ0) is 14.7. The number of phenolic OH excluding ortho intramolecular Hbond substituents is 1. The van der Waals surface area contributed by atoms with E-state index in [0.717, 1.165) is 15.6 Å². The molecule has 0 amide bonds. The van der Waals surface area contributed by atoms with Crippen molar-refractivity contribution < 1.29 is 5.11 Å². The van der Waals surface area contributed by atoms with Crippen molar-refractivity contribution in [2.45, 2.75) is 32.9 Å². The van der Waals surface area contributed by atoms with Gasteiger partial charge < -0.3 is 10.4 Å². The number of nitrogens with one attached hydrogen (secondary N) is 1. The van der Waals surface area contributed by atoms with Crippen molar-refractivity contribution in [2.75, 3.05) is 0 Å². The van der Waals surface area contributed by atoms with Gasteiger partial charge in [-0.1, -0.05) is 46.3 Å². The van der Waals surface area contributed by atoms with Crippen LogP contribution in [0.4, 0.5) is 0 Å². The summed E-state index contributed by atoms with van der Waals surface area (Å²) in [5.41, 5.74) is 3.21. The van der Waals surface area contributed by atoms with Gasteiger partial charge in [0, 0.05) is 22.1 Å². The van der Waals surface area contributed by atoms with Crippen LogP contribution in [-0.4, -0.2) is 5.11 Å². The highest BCUT2D eigenvalue weighted by Gasteiger charge is 2.15. The van der Waals surface area contributed by atoms with E-state index in [2.05, 4.69) is 41.2 Å². The summed E-state index contributed by atoms with van der Waals surface area (Å²) >= 11 is 3.58. The number of benzene rings is 2. The number of rotatable bonds is 4. The van der Waals surface area contributed by atoms with Gasteiger partial charge in [0.2, 0.25) is 0 Å². The molecule has 2 nitrogen and oxygen atoms in total. The lowest BCUT2D eigenvalue weighted by atomic mass is 10.0. The Morgan fingerprint density at radius 2 is 1.65 bits per heavy atom. The first-order valence-corrected chi connectivity index (χ1v) is 7.58. The normalized spacial score (nSPS) is 14.0. The van der Waals surface area contributed by atoms with E-state index in [-0.39, 0.29) is 12.1 Å². The summed E-state index contributed by atoms with van der Waals surface area (Å²) in [5.74, 6) is 0.351. The van der Waals surface area contributed by atoms with Gasteiger partial charge >= 0.3 is 0 Å². The monoisotopic (exact) mass is 333 g/mol. The Balaban J connectivity index is 2.15. The first kappa shape index (κ1) is 15.1. The van der Waals surface area contributed by atoms with Gasteiger partial charge in [-0.25, -0.2) is 0 Å². The smallest absolute Gasteiger partial charge is 0.120 e. The number of hydrogen-bond donors (Lipinski definition) is 2. The van der Waals surface area contributed by atoms with Crippen LogP contribution in [0.3, 0.4) is 0 Å². The van der Waals surface area contributed by atoms with Crippen molar-refractivity contribution in [3.8, 4) is 5.75 Å². The van der Waals surface area contributed by atoms with E-state index in [4.69, 9.17) is 0 Å². The fourth-order valence-corrected chi connectivity index (χ4v) is 3.03. The third-order valence-corrected chi connectivity index (χ3v) is 4.25. The molecule has 0 saturated heterocycles. The minimum Gasteiger partial charge on any atom is -0.508 e. The number of hydrogen-bond acceptors (Lipinski definition) is 2. The summed E-state index contributed by atoms with van der Waals surface area (Å²) in [6.07, 6.45) is 0. The average molecular weight is 334 g/mol. The Labute approximate surface area is 129 Å². The highest BCUT2D eigenvalue weighted by Crippen LogP contribution is 2.29. The fourth-order valence-electron chi connectivity index (χ4n) is 2.40. The van der Waals surface area contributed by atoms with Gasteiger partial charge in [-0.3, -0.25) is 0 Å². The molecule has 0 heterocycles. The molecular weight excluding hydrogens is 314 g/mol. The lowest BCUT2D eigenvalue weighted by Crippen LogP contribution is -2.22. The van der Waals surface area contributed by atoms with Gasteiger partial charge in [0.1, 0.15) is 5.75 Å². The summed E-state index contributed by atoms with van der Waals surface area (Å²) in [7, 11) is 0. The highest BCUT2D eigenvalue weighted by molar-refractivity contribution is 9.10.